The summed E-state index contributed by atoms with van der Waals surface area (Å²) >= 11 is 0. The third-order valence-corrected chi connectivity index (χ3v) is 1.26. The summed E-state index contributed by atoms with van der Waals surface area (Å²) in [5, 5.41) is 0. The maximum Gasteiger partial charge on any atom is 0.132 e. The van der Waals surface area contributed by atoms with E-state index in [0.717, 1.165) is 5.82 Å². The smallest absolute Gasteiger partial charge is 0.132 e. The fourth-order valence-electron chi connectivity index (χ4n) is 0.711. The number of hydrogen-bond acceptors (Lipinski definition) is 2. The molecule has 0 saturated heterocycles. The summed E-state index contributed by atoms with van der Waals surface area (Å²) in [7, 11) is 1.95. The molecule has 0 unspecified atom stereocenters. The SMILES string of the molecule is Cn1ccnc1/C=C/CN. The van der Waals surface area contributed by atoms with Crippen molar-refractivity contribution in [3.63, 3.8) is 0 Å². The van der Waals surface area contributed by atoms with Crippen LogP contribution in [0.5, 0.6) is 0 Å². The van der Waals surface area contributed by atoms with E-state index in [4.69, 9.17) is 5.73 Å². The van der Waals surface area contributed by atoms with Gasteiger partial charge >= 0.3 is 0 Å². The van der Waals surface area contributed by atoms with Crippen LogP contribution in [-0.4, -0.2) is 16.1 Å². The fraction of sp³-hybridized carbons (Fsp3) is 0.286. The van der Waals surface area contributed by atoms with Crippen LogP contribution in [0.2, 0.25) is 0 Å². The summed E-state index contributed by atoms with van der Waals surface area (Å²) in [4.78, 5) is 4.07. The lowest BCUT2D eigenvalue weighted by Gasteiger charge is -1.91. The maximum absolute atomic E-state index is 5.27. The van der Waals surface area contributed by atoms with Crippen molar-refractivity contribution in [1.29, 1.82) is 0 Å². The van der Waals surface area contributed by atoms with Crippen molar-refractivity contribution >= 4 is 6.08 Å². The Balaban J connectivity index is 2.74. The average Bonchev–Trinajstić information content (AvgIpc) is 2.31. The number of hydrogen-bond donors (Lipinski definition) is 1. The predicted molar refractivity (Wildman–Crippen MR) is 41.3 cm³/mol. The summed E-state index contributed by atoms with van der Waals surface area (Å²) in [6.07, 6.45) is 7.44. The van der Waals surface area contributed by atoms with Gasteiger partial charge in [0.05, 0.1) is 0 Å². The van der Waals surface area contributed by atoms with Crippen LogP contribution in [0, 0.1) is 0 Å². The summed E-state index contributed by atoms with van der Waals surface area (Å²) in [5.74, 6) is 0.936. The van der Waals surface area contributed by atoms with Gasteiger partial charge in [0.1, 0.15) is 5.82 Å². The highest BCUT2D eigenvalue weighted by Crippen LogP contribution is 1.95. The van der Waals surface area contributed by atoms with Crippen LogP contribution in [0.25, 0.3) is 6.08 Å². The first-order valence-electron chi connectivity index (χ1n) is 3.18. The van der Waals surface area contributed by atoms with Gasteiger partial charge in [-0.25, -0.2) is 4.98 Å². The molecule has 0 radical (unpaired) electrons. The normalized spacial score (nSPS) is 11.0. The van der Waals surface area contributed by atoms with E-state index in [1.54, 1.807) is 6.20 Å². The number of aryl methyl sites for hydroxylation is 1. The first-order chi connectivity index (χ1) is 4.84. The van der Waals surface area contributed by atoms with Crippen molar-refractivity contribution in [1.82, 2.24) is 9.55 Å². The van der Waals surface area contributed by atoms with Crippen molar-refractivity contribution in [2.24, 2.45) is 12.8 Å². The molecular weight excluding hydrogens is 126 g/mol. The molecule has 10 heavy (non-hydrogen) atoms. The maximum atomic E-state index is 5.27. The Morgan fingerprint density at radius 2 is 2.60 bits per heavy atom. The Hall–Kier alpha value is -1.09. The number of rotatable bonds is 2. The van der Waals surface area contributed by atoms with E-state index in [1.807, 2.05) is 30.0 Å². The van der Waals surface area contributed by atoms with Gasteiger partial charge in [-0.3, -0.25) is 0 Å². The molecule has 1 aromatic rings. The molecule has 1 aromatic heterocycles. The Kier molecular flexibility index (Phi) is 2.23. The van der Waals surface area contributed by atoms with Crippen molar-refractivity contribution in [2.45, 2.75) is 0 Å². The molecule has 0 aromatic carbocycles. The molecule has 0 bridgehead atoms. The van der Waals surface area contributed by atoms with Crippen molar-refractivity contribution in [3.8, 4) is 0 Å². The third-order valence-electron chi connectivity index (χ3n) is 1.26. The summed E-state index contributed by atoms with van der Waals surface area (Å²) < 4.78 is 1.94. The Bertz CT molecular complexity index is 225. The number of nitrogens with zero attached hydrogens (tertiary/aromatic N) is 2. The molecule has 54 valence electrons. The minimum absolute atomic E-state index is 0.562. The minimum atomic E-state index is 0.562. The predicted octanol–water partition coefficient (Wildman–Crippen LogP) is 0.392. The monoisotopic (exact) mass is 137 g/mol. The van der Waals surface area contributed by atoms with Gasteiger partial charge in [0.15, 0.2) is 0 Å². The molecular formula is C7H11N3. The molecule has 0 fully saturated rings. The Morgan fingerprint density at radius 1 is 1.80 bits per heavy atom. The molecule has 3 nitrogen and oxygen atoms in total. The van der Waals surface area contributed by atoms with Gasteiger partial charge in [-0.1, -0.05) is 6.08 Å². The van der Waals surface area contributed by atoms with Crippen molar-refractivity contribution < 1.29 is 0 Å². The molecule has 2 N–H and O–H groups in total. The average molecular weight is 137 g/mol. The number of nitrogens with two attached hydrogens (primary N) is 1. The lowest BCUT2D eigenvalue weighted by molar-refractivity contribution is 0.897. The van der Waals surface area contributed by atoms with Gasteiger partial charge < -0.3 is 10.3 Å². The third kappa shape index (κ3) is 1.45. The second kappa shape index (κ2) is 3.17. The van der Waals surface area contributed by atoms with Gasteiger partial charge in [-0.15, -0.1) is 0 Å². The molecule has 0 spiro atoms. The first kappa shape index (κ1) is 7.02. The molecule has 1 heterocycles. The zero-order valence-corrected chi connectivity index (χ0v) is 5.99. The first-order valence-corrected chi connectivity index (χ1v) is 3.18. The summed E-state index contributed by atoms with van der Waals surface area (Å²) in [6, 6.07) is 0. The van der Waals surface area contributed by atoms with Crippen molar-refractivity contribution in [2.75, 3.05) is 6.54 Å². The molecule has 0 aliphatic heterocycles. The van der Waals surface area contributed by atoms with E-state index >= 15 is 0 Å². The number of imidazole rings is 1. The van der Waals surface area contributed by atoms with E-state index < -0.39 is 0 Å². The Labute approximate surface area is 60.2 Å². The van der Waals surface area contributed by atoms with Crippen LogP contribution in [0.15, 0.2) is 18.5 Å². The summed E-state index contributed by atoms with van der Waals surface area (Å²) in [5.41, 5.74) is 5.27. The molecule has 0 atom stereocenters. The zero-order chi connectivity index (χ0) is 7.40. The quantitative estimate of drug-likeness (QED) is 0.641. The van der Waals surface area contributed by atoms with E-state index in [2.05, 4.69) is 4.98 Å². The van der Waals surface area contributed by atoms with Crippen molar-refractivity contribution in [3.05, 3.63) is 24.3 Å². The molecule has 0 amide bonds. The lowest BCUT2D eigenvalue weighted by Crippen LogP contribution is -1.94. The van der Waals surface area contributed by atoms with Crippen LogP contribution in [0.1, 0.15) is 5.82 Å². The second-order valence-corrected chi connectivity index (χ2v) is 2.03. The molecule has 0 aliphatic rings. The molecule has 0 saturated carbocycles. The van der Waals surface area contributed by atoms with E-state index in [-0.39, 0.29) is 0 Å². The molecule has 3 heteroatoms. The van der Waals surface area contributed by atoms with Gasteiger partial charge in [-0.2, -0.15) is 0 Å². The van der Waals surface area contributed by atoms with Gasteiger partial charge in [-0.05, 0) is 6.08 Å². The van der Waals surface area contributed by atoms with E-state index in [0.29, 0.717) is 6.54 Å². The standard InChI is InChI=1S/C7H11N3/c1-10-6-5-9-7(10)3-2-4-8/h2-3,5-6H,4,8H2,1H3/b3-2+. The van der Waals surface area contributed by atoms with Gasteiger partial charge in [0.25, 0.3) is 0 Å². The number of aromatic nitrogens is 2. The van der Waals surface area contributed by atoms with Gasteiger partial charge in [0, 0.05) is 26.0 Å². The second-order valence-electron chi connectivity index (χ2n) is 2.03. The van der Waals surface area contributed by atoms with Crippen LogP contribution in [-0.2, 0) is 7.05 Å². The van der Waals surface area contributed by atoms with Crippen LogP contribution in [0.4, 0.5) is 0 Å². The fourth-order valence-corrected chi connectivity index (χ4v) is 0.711. The zero-order valence-electron chi connectivity index (χ0n) is 5.99. The van der Waals surface area contributed by atoms with E-state index in [9.17, 15) is 0 Å². The van der Waals surface area contributed by atoms with Gasteiger partial charge in [0.2, 0.25) is 0 Å². The lowest BCUT2D eigenvalue weighted by atomic mass is 10.5. The van der Waals surface area contributed by atoms with E-state index in [1.165, 1.54) is 0 Å². The topological polar surface area (TPSA) is 43.8 Å². The largest absolute Gasteiger partial charge is 0.335 e. The van der Waals surface area contributed by atoms with Crippen LogP contribution in [0.3, 0.4) is 0 Å². The highest BCUT2D eigenvalue weighted by molar-refractivity contribution is 5.40. The van der Waals surface area contributed by atoms with Crippen LogP contribution < -0.4 is 5.73 Å². The molecule has 1 rings (SSSR count). The molecule has 0 aliphatic carbocycles. The highest BCUT2D eigenvalue weighted by Gasteiger charge is 1.89. The highest BCUT2D eigenvalue weighted by atomic mass is 15.0. The minimum Gasteiger partial charge on any atom is -0.335 e. The Morgan fingerprint density at radius 3 is 3.10 bits per heavy atom. The summed E-state index contributed by atoms with van der Waals surface area (Å²) in [6.45, 7) is 0.562. The van der Waals surface area contributed by atoms with Crippen LogP contribution >= 0.6 is 0 Å².